The Labute approximate surface area is 125 Å². The normalized spacial score (nSPS) is 21.1. The third-order valence-corrected chi connectivity index (χ3v) is 3.68. The second-order valence-corrected chi connectivity index (χ2v) is 5.42. The zero-order chi connectivity index (χ0) is 14.4. The van der Waals surface area contributed by atoms with Gasteiger partial charge in [0.15, 0.2) is 0 Å². The molecule has 1 aromatic rings. The van der Waals surface area contributed by atoms with Gasteiger partial charge in [-0.05, 0) is 19.4 Å². The second kappa shape index (κ2) is 7.98. The first-order valence-corrected chi connectivity index (χ1v) is 7.79. The first-order chi connectivity index (χ1) is 9.77. The monoisotopic (exact) mass is 301 g/mol. The molecule has 2 heterocycles. The van der Waals surface area contributed by atoms with Crippen molar-refractivity contribution in [3.8, 4) is 0 Å². The largest absolute Gasteiger partial charge is 0.376 e. The number of halogens is 1. The Morgan fingerprint density at radius 2 is 2.30 bits per heavy atom. The summed E-state index contributed by atoms with van der Waals surface area (Å²) in [6.07, 6.45) is 3.79. The Morgan fingerprint density at radius 1 is 1.45 bits per heavy atom. The van der Waals surface area contributed by atoms with Crippen LogP contribution in [0.25, 0.3) is 0 Å². The Hall–Kier alpha value is -0.620. The third-order valence-electron chi connectivity index (χ3n) is 3.39. The van der Waals surface area contributed by atoms with Crippen LogP contribution in [0.4, 0.5) is 0 Å². The summed E-state index contributed by atoms with van der Waals surface area (Å²) in [6.45, 7) is 7.95. The average molecular weight is 302 g/mol. The SMILES string of the molecule is CCCNC(c1c(Cl)cnn1CCC)C1COCCO1. The predicted octanol–water partition coefficient (Wildman–Crippen LogP) is 2.40. The topological polar surface area (TPSA) is 48.3 Å². The molecule has 1 aliphatic heterocycles. The minimum Gasteiger partial charge on any atom is -0.376 e. The van der Waals surface area contributed by atoms with E-state index in [0.29, 0.717) is 24.8 Å². The van der Waals surface area contributed by atoms with Crippen LogP contribution >= 0.6 is 11.6 Å². The molecule has 6 heteroatoms. The lowest BCUT2D eigenvalue weighted by molar-refractivity contribution is -0.103. The van der Waals surface area contributed by atoms with Crippen LogP contribution in [0.3, 0.4) is 0 Å². The van der Waals surface area contributed by atoms with Gasteiger partial charge in [-0.1, -0.05) is 25.4 Å². The van der Waals surface area contributed by atoms with E-state index < -0.39 is 0 Å². The predicted molar refractivity (Wildman–Crippen MR) is 79.1 cm³/mol. The molecule has 0 spiro atoms. The Bertz CT molecular complexity index is 405. The van der Waals surface area contributed by atoms with Gasteiger partial charge in [0.05, 0.1) is 42.8 Å². The molecule has 1 N–H and O–H groups in total. The van der Waals surface area contributed by atoms with Gasteiger partial charge < -0.3 is 14.8 Å². The molecule has 2 atom stereocenters. The number of aryl methyl sites for hydroxylation is 1. The van der Waals surface area contributed by atoms with Crippen molar-refractivity contribution < 1.29 is 9.47 Å². The number of nitrogens with one attached hydrogen (secondary N) is 1. The summed E-state index contributed by atoms with van der Waals surface area (Å²) >= 11 is 6.35. The summed E-state index contributed by atoms with van der Waals surface area (Å²) in [5.74, 6) is 0. The van der Waals surface area contributed by atoms with Crippen molar-refractivity contribution in [1.29, 1.82) is 0 Å². The van der Waals surface area contributed by atoms with Crippen LogP contribution < -0.4 is 5.32 Å². The van der Waals surface area contributed by atoms with Crippen LogP contribution in [0.15, 0.2) is 6.20 Å². The van der Waals surface area contributed by atoms with E-state index in [1.807, 2.05) is 4.68 Å². The highest BCUT2D eigenvalue weighted by Gasteiger charge is 2.30. The van der Waals surface area contributed by atoms with Crippen LogP contribution in [0.5, 0.6) is 0 Å². The molecule has 0 aliphatic carbocycles. The fourth-order valence-electron chi connectivity index (χ4n) is 2.47. The molecular formula is C14H24ClN3O2. The summed E-state index contributed by atoms with van der Waals surface area (Å²) in [6, 6.07) is 0.0248. The lowest BCUT2D eigenvalue weighted by Crippen LogP contribution is -2.42. The molecule has 5 nitrogen and oxygen atoms in total. The van der Waals surface area contributed by atoms with Crippen molar-refractivity contribution in [3.05, 3.63) is 16.9 Å². The number of rotatable bonds is 7. The minimum atomic E-state index is -0.0138. The van der Waals surface area contributed by atoms with Crippen LogP contribution in [0.2, 0.25) is 5.02 Å². The highest BCUT2D eigenvalue weighted by molar-refractivity contribution is 6.31. The van der Waals surface area contributed by atoms with E-state index in [2.05, 4.69) is 24.3 Å². The van der Waals surface area contributed by atoms with E-state index in [0.717, 1.165) is 31.6 Å². The molecule has 0 aromatic carbocycles. The fraction of sp³-hybridized carbons (Fsp3) is 0.786. The minimum absolute atomic E-state index is 0.0138. The van der Waals surface area contributed by atoms with Gasteiger partial charge >= 0.3 is 0 Å². The van der Waals surface area contributed by atoms with Gasteiger partial charge in [0.2, 0.25) is 0 Å². The molecule has 2 rings (SSSR count). The number of aromatic nitrogens is 2. The molecule has 0 radical (unpaired) electrons. The summed E-state index contributed by atoms with van der Waals surface area (Å²) in [5, 5.41) is 8.60. The van der Waals surface area contributed by atoms with Crippen LogP contribution in [0.1, 0.15) is 38.4 Å². The lowest BCUT2D eigenvalue weighted by Gasteiger charge is -2.31. The van der Waals surface area contributed by atoms with E-state index in [1.165, 1.54) is 0 Å². The highest BCUT2D eigenvalue weighted by atomic mass is 35.5. The Morgan fingerprint density at radius 3 is 2.95 bits per heavy atom. The summed E-state index contributed by atoms with van der Waals surface area (Å²) < 4.78 is 13.4. The van der Waals surface area contributed by atoms with Crippen molar-refractivity contribution in [2.24, 2.45) is 0 Å². The molecule has 0 bridgehead atoms. The molecule has 1 aromatic heterocycles. The van der Waals surface area contributed by atoms with Crippen molar-refractivity contribution >= 4 is 11.6 Å². The number of ether oxygens (including phenoxy) is 2. The number of hydrogen-bond donors (Lipinski definition) is 1. The first kappa shape index (κ1) is 15.8. The smallest absolute Gasteiger partial charge is 0.102 e. The average Bonchev–Trinajstić information content (AvgIpc) is 2.83. The Kier molecular flexibility index (Phi) is 6.29. The van der Waals surface area contributed by atoms with Gasteiger partial charge in [-0.25, -0.2) is 0 Å². The maximum atomic E-state index is 6.35. The molecule has 1 fully saturated rings. The zero-order valence-corrected chi connectivity index (χ0v) is 13.0. The maximum absolute atomic E-state index is 6.35. The molecule has 114 valence electrons. The van der Waals surface area contributed by atoms with E-state index >= 15 is 0 Å². The first-order valence-electron chi connectivity index (χ1n) is 7.41. The van der Waals surface area contributed by atoms with Gasteiger partial charge in [-0.2, -0.15) is 5.10 Å². The second-order valence-electron chi connectivity index (χ2n) is 5.02. The summed E-state index contributed by atoms with van der Waals surface area (Å²) in [7, 11) is 0. The van der Waals surface area contributed by atoms with Gasteiger partial charge in [0.25, 0.3) is 0 Å². The molecule has 20 heavy (non-hydrogen) atoms. The van der Waals surface area contributed by atoms with Gasteiger partial charge in [0.1, 0.15) is 6.10 Å². The summed E-state index contributed by atoms with van der Waals surface area (Å²) in [5.41, 5.74) is 1.01. The fourth-order valence-corrected chi connectivity index (χ4v) is 2.73. The third kappa shape index (κ3) is 3.73. The summed E-state index contributed by atoms with van der Waals surface area (Å²) in [4.78, 5) is 0. The van der Waals surface area contributed by atoms with Crippen LogP contribution in [-0.4, -0.2) is 42.2 Å². The van der Waals surface area contributed by atoms with Crippen molar-refractivity contribution in [2.45, 2.75) is 45.4 Å². The number of hydrogen-bond acceptors (Lipinski definition) is 4. The molecule has 0 saturated carbocycles. The lowest BCUT2D eigenvalue weighted by atomic mass is 10.1. The standard InChI is InChI=1S/C14H24ClN3O2/c1-3-5-16-13(12-10-19-7-8-20-12)14-11(15)9-17-18(14)6-4-2/h9,12-13,16H,3-8,10H2,1-2H3. The van der Waals surface area contributed by atoms with Crippen molar-refractivity contribution in [3.63, 3.8) is 0 Å². The van der Waals surface area contributed by atoms with E-state index in [4.69, 9.17) is 21.1 Å². The van der Waals surface area contributed by atoms with Gasteiger partial charge in [-0.3, -0.25) is 4.68 Å². The van der Waals surface area contributed by atoms with Crippen LogP contribution in [-0.2, 0) is 16.0 Å². The molecule has 2 unspecified atom stereocenters. The molecule has 0 amide bonds. The van der Waals surface area contributed by atoms with E-state index in [1.54, 1.807) is 6.20 Å². The highest BCUT2D eigenvalue weighted by Crippen LogP contribution is 2.28. The van der Waals surface area contributed by atoms with Crippen molar-refractivity contribution in [2.75, 3.05) is 26.4 Å². The van der Waals surface area contributed by atoms with Crippen LogP contribution in [0, 0.1) is 0 Å². The van der Waals surface area contributed by atoms with E-state index in [9.17, 15) is 0 Å². The molecular weight excluding hydrogens is 278 g/mol. The maximum Gasteiger partial charge on any atom is 0.102 e. The zero-order valence-electron chi connectivity index (χ0n) is 12.3. The quantitative estimate of drug-likeness (QED) is 0.840. The van der Waals surface area contributed by atoms with Crippen molar-refractivity contribution in [1.82, 2.24) is 15.1 Å². The number of nitrogens with zero attached hydrogens (tertiary/aromatic N) is 2. The van der Waals surface area contributed by atoms with Gasteiger partial charge in [0, 0.05) is 6.54 Å². The molecule has 1 aliphatic rings. The molecule has 1 saturated heterocycles. The Balaban J connectivity index is 2.22. The van der Waals surface area contributed by atoms with E-state index in [-0.39, 0.29) is 12.1 Å². The van der Waals surface area contributed by atoms with Gasteiger partial charge in [-0.15, -0.1) is 0 Å².